The molecule has 7 heteroatoms. The van der Waals surface area contributed by atoms with Gasteiger partial charge in [0.05, 0.1) is 23.8 Å². The lowest BCUT2D eigenvalue weighted by molar-refractivity contribution is -0.268. The third-order valence-corrected chi connectivity index (χ3v) is 9.10. The molecule has 0 aliphatic carbocycles. The fraction of sp³-hybridized carbons (Fsp3) is 0.211. The molecule has 1 fully saturated rings. The minimum atomic E-state index is -0.564. The lowest BCUT2D eigenvalue weighted by atomic mass is 9.91. The van der Waals surface area contributed by atoms with E-state index in [9.17, 15) is 9.90 Å². The predicted molar refractivity (Wildman–Crippen MR) is 177 cm³/mol. The van der Waals surface area contributed by atoms with Crippen LogP contribution in [0.1, 0.15) is 51.9 Å². The number of carbonyl (C=O) groups is 1. The number of thioether (sulfide) groups is 1. The number of benzene rings is 4. The molecule has 5 aromatic rings. The van der Waals surface area contributed by atoms with Crippen LogP contribution >= 0.6 is 11.8 Å². The molecule has 0 saturated carbocycles. The quantitative estimate of drug-likeness (QED) is 0.156. The summed E-state index contributed by atoms with van der Waals surface area (Å²) in [5.41, 5.74) is 6.60. The van der Waals surface area contributed by atoms with Gasteiger partial charge in [0.25, 0.3) is 5.91 Å². The summed E-state index contributed by atoms with van der Waals surface area (Å²) >= 11 is 1.68. The molecule has 2 heterocycles. The summed E-state index contributed by atoms with van der Waals surface area (Å²) < 4.78 is 13.4. The highest BCUT2D eigenvalue weighted by atomic mass is 32.2. The number of nitrogens with zero attached hydrogens (tertiary/aromatic N) is 1. The summed E-state index contributed by atoms with van der Waals surface area (Å²) in [7, 11) is 0. The summed E-state index contributed by atoms with van der Waals surface area (Å²) in [6.45, 7) is 2.60. The lowest BCUT2D eigenvalue weighted by Gasteiger charge is -2.41. The fourth-order valence-electron chi connectivity index (χ4n) is 5.51. The van der Waals surface area contributed by atoms with E-state index in [1.807, 2.05) is 103 Å². The average Bonchev–Trinajstić information content (AvgIpc) is 3.11. The number of nitrogens with one attached hydrogen (secondary N) is 1. The van der Waals surface area contributed by atoms with E-state index in [-0.39, 0.29) is 30.6 Å². The Hall–Kier alpha value is -4.27. The monoisotopic (exact) mass is 616 g/mol. The number of aromatic nitrogens is 1. The highest BCUT2D eigenvalue weighted by Crippen LogP contribution is 2.43. The molecule has 228 valence electrons. The molecule has 4 aromatic carbocycles. The third kappa shape index (κ3) is 7.70. The summed E-state index contributed by atoms with van der Waals surface area (Å²) in [5, 5.41) is 13.5. The third-order valence-electron chi connectivity index (χ3n) is 8.06. The van der Waals surface area contributed by atoms with E-state index in [1.54, 1.807) is 11.8 Å². The maximum absolute atomic E-state index is 12.6. The molecule has 0 unspecified atom stereocenters. The molecular weight excluding hydrogens is 580 g/mol. The molecular formula is C38H36N2O4S. The first-order valence-corrected chi connectivity index (χ1v) is 16.1. The minimum Gasteiger partial charge on any atom is -0.392 e. The van der Waals surface area contributed by atoms with Gasteiger partial charge in [0, 0.05) is 35.5 Å². The van der Waals surface area contributed by atoms with Gasteiger partial charge >= 0.3 is 0 Å². The Bertz CT molecular complexity index is 1700. The molecule has 1 aromatic heterocycles. The second-order valence-corrected chi connectivity index (χ2v) is 12.2. The van der Waals surface area contributed by atoms with Crippen molar-refractivity contribution in [3.05, 3.63) is 155 Å². The van der Waals surface area contributed by atoms with Gasteiger partial charge in [0.15, 0.2) is 6.29 Å². The van der Waals surface area contributed by atoms with Gasteiger partial charge in [-0.05, 0) is 64.2 Å². The van der Waals surface area contributed by atoms with Gasteiger partial charge < -0.3 is 19.9 Å². The zero-order chi connectivity index (χ0) is 31.0. The molecule has 6 rings (SSSR count). The number of ether oxygens (including phenoxy) is 2. The fourth-order valence-corrected chi connectivity index (χ4v) is 6.54. The summed E-state index contributed by atoms with van der Waals surface area (Å²) in [6.07, 6.45) is 0.971. The van der Waals surface area contributed by atoms with E-state index < -0.39 is 6.29 Å². The number of hydrogen-bond donors (Lipinski definition) is 2. The van der Waals surface area contributed by atoms with Crippen molar-refractivity contribution in [1.82, 2.24) is 10.3 Å². The molecule has 4 atom stereocenters. The van der Waals surface area contributed by atoms with Crippen LogP contribution in [0.25, 0.3) is 11.1 Å². The van der Waals surface area contributed by atoms with Gasteiger partial charge in [-0.1, -0.05) is 91.9 Å². The van der Waals surface area contributed by atoms with Crippen molar-refractivity contribution in [2.24, 2.45) is 5.92 Å². The number of hydrogen-bond acceptors (Lipinski definition) is 6. The molecule has 0 bridgehead atoms. The Balaban J connectivity index is 1.22. The number of aliphatic hydroxyl groups is 1. The van der Waals surface area contributed by atoms with E-state index in [1.165, 1.54) is 0 Å². The molecule has 6 nitrogen and oxygen atoms in total. The molecule has 1 amide bonds. The Labute approximate surface area is 268 Å². The summed E-state index contributed by atoms with van der Waals surface area (Å²) in [4.78, 5) is 17.1. The predicted octanol–water partition coefficient (Wildman–Crippen LogP) is 7.75. The van der Waals surface area contributed by atoms with E-state index in [0.717, 1.165) is 44.2 Å². The van der Waals surface area contributed by atoms with Crippen LogP contribution in [0.4, 0.5) is 0 Å². The minimum absolute atomic E-state index is 0.00379. The lowest BCUT2D eigenvalue weighted by Crippen LogP contribution is -2.38. The van der Waals surface area contributed by atoms with E-state index in [0.29, 0.717) is 12.1 Å². The number of pyridine rings is 1. The molecule has 0 radical (unpaired) electrons. The Morgan fingerprint density at radius 3 is 2.31 bits per heavy atom. The summed E-state index contributed by atoms with van der Waals surface area (Å²) in [5.74, 6) is 0.725. The average molecular weight is 617 g/mol. The van der Waals surface area contributed by atoms with Crippen molar-refractivity contribution in [2.75, 3.05) is 5.75 Å². The van der Waals surface area contributed by atoms with Crippen molar-refractivity contribution in [3.63, 3.8) is 0 Å². The standard InChI is InChI=1S/C38H36N2O4S/c1-26-34(25-45-35-15-5-6-20-39-35)43-38(44-36(26)29-18-16-27(24-41)17-19-29)33-14-8-13-32(22-33)31-12-7-9-28(21-31)23-40-37(42)30-10-3-2-4-11-30/h2-22,26,34,36,38,41H,23-25H2,1H3,(H,40,42)/t26-,34+,36+,38+/m0/s1. The zero-order valence-electron chi connectivity index (χ0n) is 25.1. The normalized spacial score (nSPS) is 19.6. The molecule has 1 aliphatic heterocycles. The second kappa shape index (κ2) is 14.7. The molecule has 45 heavy (non-hydrogen) atoms. The second-order valence-electron chi connectivity index (χ2n) is 11.2. The Morgan fingerprint density at radius 2 is 1.56 bits per heavy atom. The largest absolute Gasteiger partial charge is 0.392 e. The highest BCUT2D eigenvalue weighted by molar-refractivity contribution is 7.99. The number of aliphatic hydroxyl groups excluding tert-OH is 1. The maximum Gasteiger partial charge on any atom is 0.251 e. The van der Waals surface area contributed by atoms with Gasteiger partial charge in [0.1, 0.15) is 0 Å². The topological polar surface area (TPSA) is 80.7 Å². The van der Waals surface area contributed by atoms with Crippen molar-refractivity contribution in [1.29, 1.82) is 0 Å². The Kier molecular flexibility index (Phi) is 10.0. The van der Waals surface area contributed by atoms with Crippen LogP contribution in [0.15, 0.2) is 133 Å². The summed E-state index contributed by atoms with van der Waals surface area (Å²) in [6, 6.07) is 39.6. The van der Waals surface area contributed by atoms with Gasteiger partial charge in [-0.25, -0.2) is 4.98 Å². The van der Waals surface area contributed by atoms with Crippen molar-refractivity contribution >= 4 is 17.7 Å². The van der Waals surface area contributed by atoms with Gasteiger partial charge in [-0.3, -0.25) is 4.79 Å². The molecule has 1 aliphatic rings. The van der Waals surface area contributed by atoms with Crippen LogP contribution < -0.4 is 5.32 Å². The van der Waals surface area contributed by atoms with Gasteiger partial charge in [-0.2, -0.15) is 0 Å². The van der Waals surface area contributed by atoms with E-state index in [2.05, 4.69) is 41.5 Å². The first kappa shape index (κ1) is 30.7. The number of carbonyl (C=O) groups excluding carboxylic acids is 1. The maximum atomic E-state index is 12.6. The molecule has 2 N–H and O–H groups in total. The molecule has 0 spiro atoms. The molecule has 1 saturated heterocycles. The smallest absolute Gasteiger partial charge is 0.251 e. The van der Waals surface area contributed by atoms with Crippen LogP contribution in [0.2, 0.25) is 0 Å². The Morgan fingerprint density at radius 1 is 0.800 bits per heavy atom. The van der Waals surface area contributed by atoms with Crippen LogP contribution in [0.3, 0.4) is 0 Å². The van der Waals surface area contributed by atoms with Crippen molar-refractivity contribution < 1.29 is 19.4 Å². The van der Waals surface area contributed by atoms with Crippen LogP contribution in [-0.2, 0) is 22.6 Å². The van der Waals surface area contributed by atoms with Crippen molar-refractivity contribution in [2.45, 2.75) is 43.6 Å². The first-order chi connectivity index (χ1) is 22.1. The van der Waals surface area contributed by atoms with Crippen LogP contribution in [-0.4, -0.2) is 27.9 Å². The van der Waals surface area contributed by atoms with Crippen LogP contribution in [0.5, 0.6) is 0 Å². The highest BCUT2D eigenvalue weighted by Gasteiger charge is 2.38. The van der Waals surface area contributed by atoms with Crippen LogP contribution in [0, 0.1) is 5.92 Å². The van der Waals surface area contributed by atoms with Gasteiger partial charge in [-0.15, -0.1) is 11.8 Å². The zero-order valence-corrected chi connectivity index (χ0v) is 25.9. The van der Waals surface area contributed by atoms with E-state index in [4.69, 9.17) is 9.47 Å². The SMILES string of the molecule is C[C@H]1[C@@H](CSc2ccccn2)O[C@@H](c2cccc(-c3cccc(CNC(=O)c4ccccc4)c3)c2)O[C@H]1c1ccc(CO)cc1. The number of rotatable bonds is 10. The van der Waals surface area contributed by atoms with Gasteiger partial charge in [0.2, 0.25) is 0 Å². The number of amides is 1. The van der Waals surface area contributed by atoms with E-state index >= 15 is 0 Å². The first-order valence-electron chi connectivity index (χ1n) is 15.1. The van der Waals surface area contributed by atoms with Crippen molar-refractivity contribution in [3.8, 4) is 11.1 Å².